The third kappa shape index (κ3) is 3.18. The third-order valence-electron chi connectivity index (χ3n) is 2.69. The summed E-state index contributed by atoms with van der Waals surface area (Å²) >= 11 is 0. The first-order valence-corrected chi connectivity index (χ1v) is 6.45. The maximum Gasteiger partial charge on any atom is 0.319 e. The first kappa shape index (κ1) is 11.9. The maximum atomic E-state index is 10.6. The molecule has 0 fully saturated rings. The Labute approximate surface area is 92.4 Å². The normalized spacial score (nSPS) is 13.3. The van der Waals surface area contributed by atoms with Crippen molar-refractivity contribution in [2.75, 3.05) is 0 Å². The van der Waals surface area contributed by atoms with E-state index in [-0.39, 0.29) is 0 Å². The first-order valence-electron chi connectivity index (χ1n) is 5.03. The number of hydrogen-bond acceptors (Lipinski definition) is 2. The Morgan fingerprint density at radius 2 is 2.13 bits per heavy atom. The van der Waals surface area contributed by atoms with Crippen molar-refractivity contribution in [2.24, 2.45) is 0 Å². The van der Waals surface area contributed by atoms with Crippen LogP contribution in [0.1, 0.15) is 18.1 Å². The van der Waals surface area contributed by atoms with Crippen LogP contribution in [-0.2, 0) is 4.79 Å². The zero-order valence-electron chi connectivity index (χ0n) is 9.37. The highest BCUT2D eigenvalue weighted by molar-refractivity contribution is 6.51. The number of rotatable bonds is 4. The van der Waals surface area contributed by atoms with Gasteiger partial charge in [0, 0.05) is 0 Å². The Balaban J connectivity index is 2.66. The van der Waals surface area contributed by atoms with Gasteiger partial charge in [-0.1, -0.05) is 18.2 Å². The molecule has 1 rings (SSSR count). The SMILES string of the molecule is Cc1cccc([SiH2]NC(C)C(=O)O)c1C. The van der Waals surface area contributed by atoms with E-state index < -0.39 is 21.7 Å². The minimum Gasteiger partial charge on any atom is -0.480 e. The highest BCUT2D eigenvalue weighted by Gasteiger charge is 2.10. The molecule has 2 N–H and O–H groups in total. The van der Waals surface area contributed by atoms with E-state index in [2.05, 4.69) is 31.0 Å². The molecule has 0 bridgehead atoms. The summed E-state index contributed by atoms with van der Waals surface area (Å²) in [4.78, 5) is 13.7. The van der Waals surface area contributed by atoms with Crippen molar-refractivity contribution in [1.29, 1.82) is 0 Å². The molecule has 0 saturated carbocycles. The number of aryl methyl sites for hydroxylation is 1. The summed E-state index contributed by atoms with van der Waals surface area (Å²) < 4.78 is 0. The molecule has 0 aromatic heterocycles. The van der Waals surface area contributed by atoms with Crippen molar-refractivity contribution < 1.29 is 9.90 Å². The lowest BCUT2D eigenvalue weighted by Gasteiger charge is -2.11. The lowest BCUT2D eigenvalue weighted by atomic mass is 10.1. The van der Waals surface area contributed by atoms with E-state index in [1.165, 1.54) is 16.3 Å². The summed E-state index contributed by atoms with van der Waals surface area (Å²) in [6.45, 7) is 5.85. The molecule has 0 amide bonds. The zero-order chi connectivity index (χ0) is 11.4. The van der Waals surface area contributed by atoms with Gasteiger partial charge in [0.1, 0.15) is 9.68 Å². The molecule has 0 aliphatic rings. The summed E-state index contributed by atoms with van der Waals surface area (Å²) in [6, 6.07) is 5.73. The van der Waals surface area contributed by atoms with Crippen molar-refractivity contribution in [1.82, 2.24) is 4.98 Å². The predicted octanol–water partition coefficient (Wildman–Crippen LogP) is 0.0752. The zero-order valence-corrected chi connectivity index (χ0v) is 10.8. The Morgan fingerprint density at radius 3 is 2.73 bits per heavy atom. The van der Waals surface area contributed by atoms with Crippen LogP contribution >= 0.6 is 0 Å². The Kier molecular flexibility index (Phi) is 4.05. The van der Waals surface area contributed by atoms with Crippen molar-refractivity contribution in [3.05, 3.63) is 29.3 Å². The summed E-state index contributed by atoms with van der Waals surface area (Å²) in [5, 5.41) is 10.0. The van der Waals surface area contributed by atoms with Gasteiger partial charge in [-0.05, 0) is 37.1 Å². The van der Waals surface area contributed by atoms with Gasteiger partial charge in [-0.3, -0.25) is 4.79 Å². The first-order chi connectivity index (χ1) is 7.02. The standard InChI is InChI=1S/C11H17NO2Si/c1-7-5-4-6-10(8(7)2)15-12-9(3)11(13)14/h4-6,9,12H,15H2,1-3H3,(H,13,14). The Bertz CT molecular complexity index is 366. The number of carboxylic acid groups (broad SMARTS) is 1. The Morgan fingerprint density at radius 1 is 1.47 bits per heavy atom. The van der Waals surface area contributed by atoms with Crippen LogP contribution in [0.4, 0.5) is 0 Å². The van der Waals surface area contributed by atoms with E-state index in [0.717, 1.165) is 0 Å². The largest absolute Gasteiger partial charge is 0.480 e. The van der Waals surface area contributed by atoms with Crippen LogP contribution in [-0.4, -0.2) is 26.8 Å². The second-order valence-corrected chi connectivity index (χ2v) is 5.32. The van der Waals surface area contributed by atoms with Gasteiger partial charge in [-0.2, -0.15) is 0 Å². The molecule has 82 valence electrons. The minimum absolute atomic E-state index is 0.448. The average Bonchev–Trinajstić information content (AvgIpc) is 2.19. The Hall–Kier alpha value is -1.13. The molecule has 1 aromatic rings. The van der Waals surface area contributed by atoms with E-state index in [4.69, 9.17) is 5.11 Å². The van der Waals surface area contributed by atoms with Gasteiger partial charge in [-0.15, -0.1) is 0 Å². The molecule has 0 saturated heterocycles. The summed E-state index contributed by atoms with van der Waals surface area (Å²) in [5.74, 6) is -0.784. The minimum atomic E-state index is -0.784. The van der Waals surface area contributed by atoms with Gasteiger partial charge in [-0.25, -0.2) is 0 Å². The lowest BCUT2D eigenvalue weighted by Crippen LogP contribution is -2.42. The highest BCUT2D eigenvalue weighted by atomic mass is 28.2. The van der Waals surface area contributed by atoms with Crippen molar-refractivity contribution in [3.63, 3.8) is 0 Å². The second-order valence-electron chi connectivity index (χ2n) is 3.80. The van der Waals surface area contributed by atoms with Crippen LogP contribution in [0.25, 0.3) is 0 Å². The van der Waals surface area contributed by atoms with Gasteiger partial charge in [0.15, 0.2) is 0 Å². The fourth-order valence-corrected chi connectivity index (χ4v) is 2.85. The molecule has 1 aromatic carbocycles. The number of carboxylic acids is 1. The monoisotopic (exact) mass is 223 g/mol. The van der Waals surface area contributed by atoms with Crippen molar-refractivity contribution >= 4 is 20.8 Å². The van der Waals surface area contributed by atoms with Gasteiger partial charge in [0.05, 0.1) is 6.04 Å². The fraction of sp³-hybridized carbons (Fsp3) is 0.364. The van der Waals surface area contributed by atoms with E-state index >= 15 is 0 Å². The molecule has 0 spiro atoms. The molecule has 15 heavy (non-hydrogen) atoms. The number of hydrogen-bond donors (Lipinski definition) is 2. The number of benzene rings is 1. The number of carbonyl (C=O) groups is 1. The van der Waals surface area contributed by atoms with Gasteiger partial charge < -0.3 is 10.1 Å². The van der Waals surface area contributed by atoms with E-state index in [9.17, 15) is 4.79 Å². The van der Waals surface area contributed by atoms with Gasteiger partial charge in [0.25, 0.3) is 0 Å². The van der Waals surface area contributed by atoms with Crippen molar-refractivity contribution in [3.8, 4) is 0 Å². The quantitative estimate of drug-likeness (QED) is 0.711. The topological polar surface area (TPSA) is 49.3 Å². The van der Waals surface area contributed by atoms with E-state index in [1.807, 2.05) is 6.07 Å². The summed E-state index contributed by atoms with van der Waals surface area (Å²) in [7, 11) is -0.683. The summed E-state index contributed by atoms with van der Waals surface area (Å²) in [6.07, 6.45) is 0. The summed E-state index contributed by atoms with van der Waals surface area (Å²) in [5.41, 5.74) is 2.55. The van der Waals surface area contributed by atoms with Gasteiger partial charge in [0.2, 0.25) is 0 Å². The molecule has 0 aliphatic heterocycles. The molecule has 1 atom stereocenters. The predicted molar refractivity (Wildman–Crippen MR) is 64.3 cm³/mol. The second kappa shape index (κ2) is 5.09. The third-order valence-corrected chi connectivity index (χ3v) is 4.65. The van der Waals surface area contributed by atoms with Crippen LogP contribution in [0, 0.1) is 13.8 Å². The highest BCUT2D eigenvalue weighted by Crippen LogP contribution is 2.01. The molecule has 1 unspecified atom stereocenters. The van der Waals surface area contributed by atoms with Crippen LogP contribution in [0.3, 0.4) is 0 Å². The number of aliphatic carboxylic acids is 1. The van der Waals surface area contributed by atoms with Crippen LogP contribution < -0.4 is 10.2 Å². The maximum absolute atomic E-state index is 10.6. The molecule has 0 aliphatic carbocycles. The van der Waals surface area contributed by atoms with Gasteiger partial charge >= 0.3 is 5.97 Å². The van der Waals surface area contributed by atoms with E-state index in [0.29, 0.717) is 0 Å². The van der Waals surface area contributed by atoms with Crippen LogP contribution in [0.5, 0.6) is 0 Å². The van der Waals surface area contributed by atoms with Crippen LogP contribution in [0.15, 0.2) is 18.2 Å². The molecular formula is C11H17NO2Si. The smallest absolute Gasteiger partial charge is 0.319 e. The van der Waals surface area contributed by atoms with E-state index in [1.54, 1.807) is 6.92 Å². The molecule has 3 nitrogen and oxygen atoms in total. The van der Waals surface area contributed by atoms with Crippen LogP contribution in [0.2, 0.25) is 0 Å². The molecular weight excluding hydrogens is 206 g/mol. The lowest BCUT2D eigenvalue weighted by molar-refractivity contribution is -0.138. The fourth-order valence-electron chi connectivity index (χ4n) is 1.35. The number of nitrogens with one attached hydrogen (secondary N) is 1. The molecule has 4 heteroatoms. The molecule has 0 heterocycles. The molecule has 0 radical (unpaired) electrons. The average molecular weight is 223 g/mol. The van der Waals surface area contributed by atoms with Crippen molar-refractivity contribution in [2.45, 2.75) is 26.8 Å².